The van der Waals surface area contributed by atoms with E-state index in [1.54, 1.807) is 25.4 Å². The van der Waals surface area contributed by atoms with E-state index >= 15 is 0 Å². The lowest BCUT2D eigenvalue weighted by molar-refractivity contribution is -0.384. The molecule has 0 spiro atoms. The normalized spacial score (nSPS) is 11.0. The minimum atomic E-state index is -0.438. The number of hydrogen-bond donors (Lipinski definition) is 0. The number of aromatic nitrogens is 3. The fourth-order valence-corrected chi connectivity index (χ4v) is 3.79. The number of hydrogen-bond acceptors (Lipinski definition) is 6. The van der Waals surface area contributed by atoms with Gasteiger partial charge in [-0.2, -0.15) is 0 Å². The first-order valence-electron chi connectivity index (χ1n) is 7.72. The van der Waals surface area contributed by atoms with Gasteiger partial charge in [0, 0.05) is 43.1 Å². The Balaban J connectivity index is 2.10. The van der Waals surface area contributed by atoms with Crippen LogP contribution in [-0.2, 0) is 19.8 Å². The summed E-state index contributed by atoms with van der Waals surface area (Å²) in [6.07, 6.45) is 1.62. The number of fused-ring (bicyclic) bond motifs is 1. The monoisotopic (exact) mass is 372 g/mol. The molecule has 1 aromatic carbocycles. The predicted molar refractivity (Wildman–Crippen MR) is 99.6 cm³/mol. The molecule has 26 heavy (non-hydrogen) atoms. The summed E-state index contributed by atoms with van der Waals surface area (Å²) >= 11 is 1.40. The lowest BCUT2D eigenvalue weighted by Gasteiger charge is -2.12. The Morgan fingerprint density at radius 3 is 2.65 bits per heavy atom. The van der Waals surface area contributed by atoms with Crippen molar-refractivity contribution in [2.75, 3.05) is 0 Å². The molecule has 0 N–H and O–H groups in total. The predicted octanol–water partition coefficient (Wildman–Crippen LogP) is 2.14. The highest BCUT2D eigenvalue weighted by molar-refractivity contribution is 7.98. The number of aryl methyl sites for hydroxylation is 2. The van der Waals surface area contributed by atoms with Crippen LogP contribution in [0.25, 0.3) is 11.0 Å². The highest BCUT2D eigenvalue weighted by Gasteiger charge is 2.16. The minimum absolute atomic E-state index is 0.0257. The molecule has 0 amide bonds. The van der Waals surface area contributed by atoms with E-state index < -0.39 is 16.2 Å². The molecule has 0 aliphatic carbocycles. The molecule has 0 bridgehead atoms. The zero-order valence-corrected chi connectivity index (χ0v) is 15.2. The number of non-ortho nitro benzene ring substituents is 1. The Hall–Kier alpha value is -2.94. The molecule has 0 atom stereocenters. The Bertz CT molecular complexity index is 1150. The van der Waals surface area contributed by atoms with Gasteiger partial charge in [0.1, 0.15) is 5.65 Å². The third kappa shape index (κ3) is 3.01. The van der Waals surface area contributed by atoms with Crippen molar-refractivity contribution in [3.05, 3.63) is 72.5 Å². The van der Waals surface area contributed by atoms with Crippen LogP contribution in [0, 0.1) is 17.0 Å². The maximum atomic E-state index is 12.6. The van der Waals surface area contributed by atoms with E-state index in [4.69, 9.17) is 0 Å². The summed E-state index contributed by atoms with van der Waals surface area (Å²) in [6.45, 7) is 1.84. The quantitative estimate of drug-likeness (QED) is 0.395. The van der Waals surface area contributed by atoms with Gasteiger partial charge in [-0.05, 0) is 18.1 Å². The van der Waals surface area contributed by atoms with Crippen LogP contribution < -0.4 is 11.2 Å². The van der Waals surface area contributed by atoms with Gasteiger partial charge in [0.05, 0.1) is 10.3 Å². The Morgan fingerprint density at radius 1 is 1.23 bits per heavy atom. The first kappa shape index (κ1) is 17.9. The van der Waals surface area contributed by atoms with E-state index in [0.29, 0.717) is 16.8 Å². The SMILES string of the molecule is Cc1cnc2c(c1SCc1cccc([N+](=O)[O-])c1)c(=O)n(C)c(=O)n2C. The molecule has 8 nitrogen and oxygen atoms in total. The number of rotatable bonds is 4. The van der Waals surface area contributed by atoms with Gasteiger partial charge >= 0.3 is 5.69 Å². The van der Waals surface area contributed by atoms with Crippen molar-refractivity contribution in [3.63, 3.8) is 0 Å². The van der Waals surface area contributed by atoms with Crippen molar-refractivity contribution < 1.29 is 4.92 Å². The molecule has 0 saturated carbocycles. The molecule has 3 rings (SSSR count). The number of pyridine rings is 1. The van der Waals surface area contributed by atoms with Crippen LogP contribution in [0.2, 0.25) is 0 Å². The van der Waals surface area contributed by atoms with Crippen molar-refractivity contribution in [1.29, 1.82) is 0 Å². The lowest BCUT2D eigenvalue weighted by atomic mass is 10.2. The fourth-order valence-electron chi connectivity index (χ4n) is 2.70. The van der Waals surface area contributed by atoms with Crippen LogP contribution in [-0.4, -0.2) is 19.0 Å². The molecule has 0 fully saturated rings. The summed E-state index contributed by atoms with van der Waals surface area (Å²) < 4.78 is 2.40. The first-order valence-corrected chi connectivity index (χ1v) is 8.71. The van der Waals surface area contributed by atoms with E-state index in [0.717, 1.165) is 20.6 Å². The van der Waals surface area contributed by atoms with Gasteiger partial charge in [-0.15, -0.1) is 11.8 Å². The second-order valence-corrected chi connectivity index (χ2v) is 6.88. The molecule has 2 aromatic heterocycles. The smallest absolute Gasteiger partial charge is 0.280 e. The van der Waals surface area contributed by atoms with E-state index in [1.807, 2.05) is 6.92 Å². The fraction of sp³-hybridized carbons (Fsp3) is 0.235. The van der Waals surface area contributed by atoms with Gasteiger partial charge in [0.15, 0.2) is 0 Å². The van der Waals surface area contributed by atoms with Gasteiger partial charge in [-0.25, -0.2) is 9.78 Å². The largest absolute Gasteiger partial charge is 0.332 e. The van der Waals surface area contributed by atoms with E-state index in [9.17, 15) is 19.7 Å². The third-order valence-electron chi connectivity index (χ3n) is 4.10. The summed E-state index contributed by atoms with van der Waals surface area (Å²) in [4.78, 5) is 40.2. The number of nitro groups is 1. The zero-order chi connectivity index (χ0) is 19.0. The van der Waals surface area contributed by atoms with Crippen LogP contribution in [0.1, 0.15) is 11.1 Å². The van der Waals surface area contributed by atoms with Crippen molar-refractivity contribution in [3.8, 4) is 0 Å². The molecular weight excluding hydrogens is 356 g/mol. The molecule has 0 radical (unpaired) electrons. The summed E-state index contributed by atoms with van der Waals surface area (Å²) in [5.41, 5.74) is 1.09. The maximum Gasteiger partial charge on any atom is 0.332 e. The Labute approximate surface area is 152 Å². The first-order chi connectivity index (χ1) is 12.3. The summed E-state index contributed by atoms with van der Waals surface area (Å²) in [6, 6.07) is 6.38. The minimum Gasteiger partial charge on any atom is -0.280 e. The average molecular weight is 372 g/mol. The summed E-state index contributed by atoms with van der Waals surface area (Å²) in [7, 11) is 3.00. The average Bonchev–Trinajstić information content (AvgIpc) is 2.63. The van der Waals surface area contributed by atoms with E-state index in [1.165, 1.54) is 35.5 Å². The lowest BCUT2D eigenvalue weighted by Crippen LogP contribution is -2.37. The molecule has 0 saturated heterocycles. The van der Waals surface area contributed by atoms with E-state index in [-0.39, 0.29) is 5.69 Å². The van der Waals surface area contributed by atoms with Crippen molar-refractivity contribution >= 4 is 28.5 Å². The third-order valence-corrected chi connectivity index (χ3v) is 5.40. The standard InChI is InChI=1S/C17H16N4O4S/c1-10-8-18-15-13(16(22)20(3)17(23)19(15)2)14(10)26-9-11-5-4-6-12(7-11)21(24)25/h4-8H,9H2,1-3H3. The van der Waals surface area contributed by atoms with Crippen LogP contribution in [0.15, 0.2) is 44.9 Å². The molecule has 134 valence electrons. The van der Waals surface area contributed by atoms with Crippen molar-refractivity contribution in [1.82, 2.24) is 14.1 Å². The highest BCUT2D eigenvalue weighted by atomic mass is 32.2. The Kier molecular flexibility index (Phi) is 4.64. The number of nitrogens with zero attached hydrogens (tertiary/aromatic N) is 4. The van der Waals surface area contributed by atoms with Gasteiger partial charge in [0.2, 0.25) is 0 Å². The zero-order valence-electron chi connectivity index (χ0n) is 14.4. The molecule has 0 aliphatic rings. The van der Waals surface area contributed by atoms with Gasteiger partial charge in [0.25, 0.3) is 11.2 Å². The van der Waals surface area contributed by atoms with Gasteiger partial charge < -0.3 is 0 Å². The molecule has 9 heteroatoms. The number of nitro benzene ring substituents is 1. The van der Waals surface area contributed by atoms with Gasteiger partial charge in [-0.3, -0.25) is 24.0 Å². The second-order valence-electron chi connectivity index (χ2n) is 5.89. The van der Waals surface area contributed by atoms with Crippen LogP contribution >= 0.6 is 11.8 Å². The van der Waals surface area contributed by atoms with Crippen LogP contribution in [0.5, 0.6) is 0 Å². The molecular formula is C17H16N4O4S. The maximum absolute atomic E-state index is 12.6. The molecule has 3 aromatic rings. The van der Waals surface area contributed by atoms with Crippen molar-refractivity contribution in [2.45, 2.75) is 17.6 Å². The topological polar surface area (TPSA) is 100 Å². The van der Waals surface area contributed by atoms with Crippen molar-refractivity contribution in [2.24, 2.45) is 14.1 Å². The number of thioether (sulfide) groups is 1. The van der Waals surface area contributed by atoms with Crippen LogP contribution in [0.4, 0.5) is 5.69 Å². The summed E-state index contributed by atoms with van der Waals surface area (Å²) in [5.74, 6) is 0.452. The van der Waals surface area contributed by atoms with Gasteiger partial charge in [-0.1, -0.05) is 12.1 Å². The second kappa shape index (κ2) is 6.75. The van der Waals surface area contributed by atoms with Crippen LogP contribution in [0.3, 0.4) is 0 Å². The Morgan fingerprint density at radius 2 is 1.96 bits per heavy atom. The molecule has 0 aliphatic heterocycles. The van der Waals surface area contributed by atoms with E-state index in [2.05, 4.69) is 4.98 Å². The molecule has 0 unspecified atom stereocenters. The number of benzene rings is 1. The highest BCUT2D eigenvalue weighted by Crippen LogP contribution is 2.30. The summed E-state index contributed by atoms with van der Waals surface area (Å²) in [5, 5.41) is 11.3. The molecule has 2 heterocycles.